The van der Waals surface area contributed by atoms with E-state index in [4.69, 9.17) is 0 Å². The minimum absolute atomic E-state index is 0.0953. The summed E-state index contributed by atoms with van der Waals surface area (Å²) in [5.41, 5.74) is 1.22. The second-order valence-electron chi connectivity index (χ2n) is 7.72. The van der Waals surface area contributed by atoms with Crippen LogP contribution in [-0.2, 0) is 4.79 Å². The van der Waals surface area contributed by atoms with Gasteiger partial charge in [0.2, 0.25) is 0 Å². The van der Waals surface area contributed by atoms with Gasteiger partial charge >= 0.3 is 0 Å². The molecular formula is C17H26O2. The van der Waals surface area contributed by atoms with Crippen molar-refractivity contribution in [2.24, 2.45) is 22.7 Å². The number of rotatable bonds is 0. The van der Waals surface area contributed by atoms with Crippen molar-refractivity contribution in [2.75, 3.05) is 0 Å². The maximum Gasteiger partial charge on any atom is 0.158 e. The summed E-state index contributed by atoms with van der Waals surface area (Å²) in [6, 6.07) is 0. The van der Waals surface area contributed by atoms with Crippen molar-refractivity contribution < 1.29 is 9.90 Å². The van der Waals surface area contributed by atoms with Crippen molar-refractivity contribution in [2.45, 2.75) is 65.4 Å². The Balaban J connectivity index is 2.07. The van der Waals surface area contributed by atoms with Gasteiger partial charge in [0.05, 0.1) is 6.10 Å². The molecule has 3 aliphatic carbocycles. The Morgan fingerprint density at radius 1 is 1.26 bits per heavy atom. The van der Waals surface area contributed by atoms with Crippen LogP contribution < -0.4 is 0 Å². The van der Waals surface area contributed by atoms with Crippen LogP contribution in [0.15, 0.2) is 11.6 Å². The zero-order chi connectivity index (χ0) is 13.8. The van der Waals surface area contributed by atoms with Crippen molar-refractivity contribution >= 4 is 5.78 Å². The van der Waals surface area contributed by atoms with E-state index < -0.39 is 0 Å². The lowest BCUT2D eigenvalue weighted by atomic mass is 9.46. The van der Waals surface area contributed by atoms with E-state index in [1.807, 2.05) is 0 Å². The fraction of sp³-hybridized carbons (Fsp3) is 0.824. The first-order chi connectivity index (χ1) is 8.87. The minimum atomic E-state index is -0.245. The Hall–Kier alpha value is -0.630. The third-order valence-electron chi connectivity index (χ3n) is 6.39. The summed E-state index contributed by atoms with van der Waals surface area (Å²) in [5.74, 6) is 1.14. The summed E-state index contributed by atoms with van der Waals surface area (Å²) >= 11 is 0. The highest BCUT2D eigenvalue weighted by Gasteiger charge is 2.57. The number of fused-ring (bicyclic) bond motifs is 3. The number of hydrogen-bond acceptors (Lipinski definition) is 2. The topological polar surface area (TPSA) is 37.3 Å². The molecular weight excluding hydrogens is 236 g/mol. The number of allylic oxidation sites excluding steroid dienone is 2. The Kier molecular flexibility index (Phi) is 2.94. The van der Waals surface area contributed by atoms with Gasteiger partial charge in [-0.05, 0) is 54.9 Å². The van der Waals surface area contributed by atoms with Crippen molar-refractivity contribution in [3.63, 3.8) is 0 Å². The Labute approximate surface area is 116 Å². The standard InChI is InChI=1S/C17H26O2/c1-16(2)10-9-15(19)17(3)12-5-4-6-13(18)11(12)7-8-14(16)17/h7,12,14-15,19H,4-6,8-10H2,1-3H3/t12-,14-,15?,17+/m1/s1. The second kappa shape index (κ2) is 4.18. The smallest absolute Gasteiger partial charge is 0.158 e. The molecule has 19 heavy (non-hydrogen) atoms. The number of aliphatic hydroxyl groups excluding tert-OH is 1. The van der Waals surface area contributed by atoms with Gasteiger partial charge in [0.25, 0.3) is 0 Å². The van der Waals surface area contributed by atoms with E-state index in [1.165, 1.54) is 0 Å². The number of carbonyl (C=O) groups excluding carboxylic acids is 1. The first kappa shape index (κ1) is 13.4. The molecule has 2 heteroatoms. The van der Waals surface area contributed by atoms with E-state index in [1.54, 1.807) is 0 Å². The molecule has 2 nitrogen and oxygen atoms in total. The van der Waals surface area contributed by atoms with Gasteiger partial charge in [0.15, 0.2) is 5.78 Å². The van der Waals surface area contributed by atoms with Crippen LogP contribution in [-0.4, -0.2) is 17.0 Å². The van der Waals surface area contributed by atoms with Gasteiger partial charge in [-0.15, -0.1) is 0 Å². The maximum atomic E-state index is 12.2. The average Bonchev–Trinajstić information content (AvgIpc) is 2.36. The number of Topliss-reactive ketones (excluding diaryl/α,β-unsaturated/α-hetero) is 1. The van der Waals surface area contributed by atoms with Crippen LogP contribution in [0.5, 0.6) is 0 Å². The number of ketones is 1. The lowest BCUT2D eigenvalue weighted by Crippen LogP contribution is -2.57. The summed E-state index contributed by atoms with van der Waals surface area (Å²) in [4.78, 5) is 12.2. The molecule has 4 atom stereocenters. The van der Waals surface area contributed by atoms with Crippen LogP contribution in [0.4, 0.5) is 0 Å². The molecule has 3 aliphatic rings. The van der Waals surface area contributed by atoms with Crippen molar-refractivity contribution in [1.82, 2.24) is 0 Å². The summed E-state index contributed by atoms with van der Waals surface area (Å²) in [6.07, 6.45) is 7.70. The van der Waals surface area contributed by atoms with Gasteiger partial charge in [0.1, 0.15) is 0 Å². The summed E-state index contributed by atoms with van der Waals surface area (Å²) < 4.78 is 0. The fourth-order valence-corrected chi connectivity index (χ4v) is 5.22. The molecule has 0 aromatic carbocycles. The minimum Gasteiger partial charge on any atom is -0.393 e. The van der Waals surface area contributed by atoms with Gasteiger partial charge in [-0.2, -0.15) is 0 Å². The maximum absolute atomic E-state index is 12.2. The SMILES string of the molecule is CC1(C)CCC(O)[C@@]2(C)[C@@H]3CCCC(=O)C3=CC[C@H]12. The largest absolute Gasteiger partial charge is 0.393 e. The van der Waals surface area contributed by atoms with E-state index in [0.29, 0.717) is 24.0 Å². The van der Waals surface area contributed by atoms with Crippen LogP contribution in [0, 0.1) is 22.7 Å². The Morgan fingerprint density at radius 2 is 2.00 bits per heavy atom. The molecule has 0 radical (unpaired) electrons. The molecule has 0 aromatic rings. The van der Waals surface area contributed by atoms with Crippen molar-refractivity contribution in [3.8, 4) is 0 Å². The molecule has 3 rings (SSSR count). The average molecular weight is 262 g/mol. The first-order valence-electron chi connectivity index (χ1n) is 7.78. The van der Waals surface area contributed by atoms with Crippen LogP contribution in [0.1, 0.15) is 59.3 Å². The molecule has 1 unspecified atom stereocenters. The zero-order valence-electron chi connectivity index (χ0n) is 12.4. The molecule has 0 spiro atoms. The normalized spacial score (nSPS) is 45.2. The van der Waals surface area contributed by atoms with E-state index in [0.717, 1.165) is 37.7 Å². The molecule has 0 heterocycles. The fourth-order valence-electron chi connectivity index (χ4n) is 5.22. The van der Waals surface area contributed by atoms with Gasteiger partial charge in [-0.1, -0.05) is 26.8 Å². The molecule has 0 aromatic heterocycles. The van der Waals surface area contributed by atoms with Gasteiger partial charge in [-0.3, -0.25) is 4.79 Å². The first-order valence-corrected chi connectivity index (χ1v) is 7.78. The van der Waals surface area contributed by atoms with Crippen LogP contribution >= 0.6 is 0 Å². The van der Waals surface area contributed by atoms with E-state index in [2.05, 4.69) is 26.8 Å². The van der Waals surface area contributed by atoms with Gasteiger partial charge in [0, 0.05) is 11.8 Å². The molecule has 2 fully saturated rings. The number of carbonyl (C=O) groups is 1. The van der Waals surface area contributed by atoms with E-state index in [9.17, 15) is 9.90 Å². The van der Waals surface area contributed by atoms with Gasteiger partial charge < -0.3 is 5.11 Å². The second-order valence-corrected chi connectivity index (χ2v) is 7.72. The zero-order valence-corrected chi connectivity index (χ0v) is 12.4. The molecule has 0 amide bonds. The lowest BCUT2D eigenvalue weighted by Gasteiger charge is -2.59. The molecule has 1 N–H and O–H groups in total. The molecule has 0 saturated heterocycles. The predicted molar refractivity (Wildman–Crippen MR) is 75.7 cm³/mol. The van der Waals surface area contributed by atoms with E-state index in [-0.39, 0.29) is 16.9 Å². The molecule has 0 aliphatic heterocycles. The molecule has 0 bridgehead atoms. The van der Waals surface area contributed by atoms with Crippen LogP contribution in [0.25, 0.3) is 0 Å². The predicted octanol–water partition coefficient (Wildman–Crippen LogP) is 3.49. The highest BCUT2D eigenvalue weighted by atomic mass is 16.3. The highest BCUT2D eigenvalue weighted by Crippen LogP contribution is 2.61. The van der Waals surface area contributed by atoms with Gasteiger partial charge in [-0.25, -0.2) is 0 Å². The summed E-state index contributed by atoms with van der Waals surface area (Å²) in [7, 11) is 0. The molecule has 2 saturated carbocycles. The van der Waals surface area contributed by atoms with E-state index >= 15 is 0 Å². The quantitative estimate of drug-likeness (QED) is 0.725. The Bertz CT molecular complexity index is 435. The van der Waals surface area contributed by atoms with Crippen LogP contribution in [0.3, 0.4) is 0 Å². The monoisotopic (exact) mass is 262 g/mol. The number of hydrogen-bond donors (Lipinski definition) is 1. The Morgan fingerprint density at radius 3 is 2.74 bits per heavy atom. The third-order valence-corrected chi connectivity index (χ3v) is 6.39. The third kappa shape index (κ3) is 1.75. The number of aliphatic hydroxyl groups is 1. The van der Waals surface area contributed by atoms with Crippen molar-refractivity contribution in [1.29, 1.82) is 0 Å². The van der Waals surface area contributed by atoms with Crippen LogP contribution in [0.2, 0.25) is 0 Å². The highest BCUT2D eigenvalue weighted by molar-refractivity contribution is 5.96. The van der Waals surface area contributed by atoms with Crippen molar-refractivity contribution in [3.05, 3.63) is 11.6 Å². The molecule has 106 valence electrons. The summed E-state index contributed by atoms with van der Waals surface area (Å²) in [5, 5.41) is 10.7. The summed E-state index contributed by atoms with van der Waals surface area (Å²) in [6.45, 7) is 6.93. The lowest BCUT2D eigenvalue weighted by molar-refractivity contribution is -0.139.